The molecule has 0 saturated carbocycles. The van der Waals surface area contributed by atoms with Gasteiger partial charge in [0, 0.05) is 0 Å². The van der Waals surface area contributed by atoms with Crippen LogP contribution in [0.2, 0.25) is 5.04 Å². The number of hydrogen-bond donors (Lipinski definition) is 0. The van der Waals surface area contributed by atoms with Crippen LogP contribution in [0.4, 0.5) is 0 Å². The van der Waals surface area contributed by atoms with E-state index >= 15 is 0 Å². The van der Waals surface area contributed by atoms with Crippen LogP contribution >= 0.6 is 11.1 Å². The zero-order valence-electron chi connectivity index (χ0n) is 11.9. The summed E-state index contributed by atoms with van der Waals surface area (Å²) in [5.74, 6) is 0. The molecule has 0 unspecified atom stereocenters. The van der Waals surface area contributed by atoms with E-state index in [2.05, 4.69) is 81.4 Å². The molecule has 0 radical (unpaired) electrons. The van der Waals surface area contributed by atoms with Gasteiger partial charge in [0.2, 0.25) is 0 Å². The van der Waals surface area contributed by atoms with Crippen molar-refractivity contribution in [1.82, 2.24) is 0 Å². The van der Waals surface area contributed by atoms with Gasteiger partial charge in [-0.2, -0.15) is 11.1 Å². The number of rotatable bonds is 3. The third-order valence-corrected chi connectivity index (χ3v) is 20.1. The van der Waals surface area contributed by atoms with Crippen molar-refractivity contribution in [2.24, 2.45) is 0 Å². The van der Waals surface area contributed by atoms with Crippen molar-refractivity contribution in [2.75, 3.05) is 0 Å². The van der Waals surface area contributed by atoms with Crippen LogP contribution in [-0.2, 0) is 0 Å². The first-order valence-electron chi connectivity index (χ1n) is 6.69. The maximum atomic E-state index is 6.68. The van der Waals surface area contributed by atoms with Crippen LogP contribution < -0.4 is 10.4 Å². The fourth-order valence-electron chi connectivity index (χ4n) is 2.83. The Morgan fingerprint density at radius 3 is 1.42 bits per heavy atom. The summed E-state index contributed by atoms with van der Waals surface area (Å²) >= 11 is 6.68. The van der Waals surface area contributed by atoms with E-state index in [1.165, 1.54) is 10.4 Å². The van der Waals surface area contributed by atoms with E-state index in [0.29, 0.717) is 0 Å². The van der Waals surface area contributed by atoms with Gasteiger partial charge in [-0.1, -0.05) is 91.8 Å². The molecular formula is C16H21ClSi2. The highest BCUT2D eigenvalue weighted by Crippen LogP contribution is 2.35. The van der Waals surface area contributed by atoms with Gasteiger partial charge in [-0.05, 0) is 5.04 Å². The Hall–Kier alpha value is -0.836. The molecule has 0 aliphatic rings. The molecule has 0 spiro atoms. The second-order valence-corrected chi connectivity index (χ2v) is 17.1. The Labute approximate surface area is 124 Å². The molecular weight excluding hydrogens is 284 g/mol. The molecule has 0 atom stereocenters. The Morgan fingerprint density at radius 1 is 0.789 bits per heavy atom. The lowest BCUT2D eigenvalue weighted by molar-refractivity contribution is 0.744. The highest BCUT2D eigenvalue weighted by molar-refractivity contribution is 7.51. The Bertz CT molecular complexity index is 478. The van der Waals surface area contributed by atoms with Gasteiger partial charge in [-0.25, -0.2) is 0 Å². The second kappa shape index (κ2) is 5.65. The highest BCUT2D eigenvalue weighted by atomic mass is 35.6. The molecule has 0 N–H and O–H groups in total. The first-order chi connectivity index (χ1) is 9.02. The summed E-state index contributed by atoms with van der Waals surface area (Å²) in [6, 6.07) is 21.9. The molecule has 2 aromatic carbocycles. The summed E-state index contributed by atoms with van der Waals surface area (Å²) in [6.07, 6.45) is 0. The van der Waals surface area contributed by atoms with Crippen LogP contribution in [-0.4, -0.2) is 15.9 Å². The van der Waals surface area contributed by atoms with Crippen LogP contribution in [0.3, 0.4) is 0 Å². The maximum Gasteiger partial charge on any atom is 0.128 e. The van der Waals surface area contributed by atoms with E-state index in [4.69, 9.17) is 11.1 Å². The quantitative estimate of drug-likeness (QED) is 0.604. The van der Waals surface area contributed by atoms with Crippen LogP contribution in [0.5, 0.6) is 0 Å². The molecule has 0 aliphatic heterocycles. The van der Waals surface area contributed by atoms with Gasteiger partial charge in [0.05, 0.1) is 0 Å². The standard InChI is InChI=1S/C16H21ClSi2/c1-16(2,3)19(18-17,14-10-6-4-7-11-14)15-12-8-5-9-13-15/h4-13H,18H2,1-3H3. The fourth-order valence-corrected chi connectivity index (χ4v) is 17.1. The zero-order chi connectivity index (χ0) is 13.9. The number of benzene rings is 2. The lowest BCUT2D eigenvalue weighted by Crippen LogP contribution is -2.67. The summed E-state index contributed by atoms with van der Waals surface area (Å²) in [5, 5.41) is 3.20. The van der Waals surface area contributed by atoms with Crippen LogP contribution in [0.15, 0.2) is 60.7 Å². The second-order valence-electron chi connectivity index (χ2n) is 6.02. The molecule has 0 fully saturated rings. The minimum absolute atomic E-state index is 0.240. The summed E-state index contributed by atoms with van der Waals surface area (Å²) in [6.45, 7) is 7.07. The van der Waals surface area contributed by atoms with Gasteiger partial charge >= 0.3 is 0 Å². The summed E-state index contributed by atoms with van der Waals surface area (Å²) in [5.41, 5.74) is 0. The molecule has 2 rings (SSSR count). The number of hydrogen-bond acceptors (Lipinski definition) is 0. The molecule has 0 heterocycles. The molecule has 0 nitrogen and oxygen atoms in total. The van der Waals surface area contributed by atoms with E-state index < -0.39 is 15.9 Å². The van der Waals surface area contributed by atoms with Crippen LogP contribution in [0.1, 0.15) is 20.8 Å². The average Bonchev–Trinajstić information content (AvgIpc) is 2.41. The van der Waals surface area contributed by atoms with Gasteiger partial charge in [-0.15, -0.1) is 0 Å². The lowest BCUT2D eigenvalue weighted by atomic mass is 10.2. The van der Waals surface area contributed by atoms with Gasteiger partial charge in [0.1, 0.15) is 15.9 Å². The fraction of sp³-hybridized carbons (Fsp3) is 0.250. The Morgan fingerprint density at radius 2 is 1.16 bits per heavy atom. The third kappa shape index (κ3) is 2.57. The topological polar surface area (TPSA) is 0 Å². The molecule has 0 bridgehead atoms. The summed E-state index contributed by atoms with van der Waals surface area (Å²) in [7, 11) is -2.49. The molecule has 19 heavy (non-hydrogen) atoms. The molecule has 0 amide bonds. The van der Waals surface area contributed by atoms with Crippen molar-refractivity contribution in [3.63, 3.8) is 0 Å². The van der Waals surface area contributed by atoms with Crippen LogP contribution in [0.25, 0.3) is 0 Å². The SMILES string of the molecule is CC(C)(C)[Si]([SiH2]Cl)(c1ccccc1)c1ccccc1. The normalized spacial score (nSPS) is 13.1. The van der Waals surface area contributed by atoms with Crippen molar-refractivity contribution in [3.05, 3.63) is 60.7 Å². The van der Waals surface area contributed by atoms with E-state index in [9.17, 15) is 0 Å². The minimum Gasteiger partial charge on any atom is -0.179 e. The van der Waals surface area contributed by atoms with Crippen molar-refractivity contribution in [1.29, 1.82) is 0 Å². The maximum absolute atomic E-state index is 6.68. The molecule has 2 aromatic rings. The smallest absolute Gasteiger partial charge is 0.128 e. The zero-order valence-corrected chi connectivity index (χ0v) is 15.0. The van der Waals surface area contributed by atoms with E-state index in [1.54, 1.807) is 0 Å². The van der Waals surface area contributed by atoms with Crippen molar-refractivity contribution >= 4 is 37.4 Å². The first-order valence-corrected chi connectivity index (χ1v) is 13.2. The summed E-state index contributed by atoms with van der Waals surface area (Å²) in [4.78, 5) is 0. The van der Waals surface area contributed by atoms with E-state index in [1.807, 2.05) is 0 Å². The predicted molar refractivity (Wildman–Crippen MR) is 92.0 cm³/mol. The molecule has 0 aromatic heterocycles. The lowest BCUT2D eigenvalue weighted by Gasteiger charge is -2.42. The monoisotopic (exact) mass is 304 g/mol. The van der Waals surface area contributed by atoms with Gasteiger partial charge in [0.15, 0.2) is 0 Å². The van der Waals surface area contributed by atoms with E-state index in [-0.39, 0.29) is 5.04 Å². The molecule has 0 aliphatic carbocycles. The largest absolute Gasteiger partial charge is 0.179 e. The average molecular weight is 305 g/mol. The molecule has 3 heteroatoms. The van der Waals surface area contributed by atoms with Crippen molar-refractivity contribution in [2.45, 2.75) is 25.8 Å². The Kier molecular flexibility index (Phi) is 4.34. The third-order valence-electron chi connectivity index (χ3n) is 4.01. The van der Waals surface area contributed by atoms with Crippen LogP contribution in [0, 0.1) is 0 Å². The highest BCUT2D eigenvalue weighted by Gasteiger charge is 2.47. The van der Waals surface area contributed by atoms with Gasteiger partial charge in [-0.3, -0.25) is 0 Å². The predicted octanol–water partition coefficient (Wildman–Crippen LogP) is 2.87. The minimum atomic E-state index is -1.82. The van der Waals surface area contributed by atoms with E-state index in [0.717, 1.165) is 0 Å². The first kappa shape index (κ1) is 14.6. The number of halogens is 1. The van der Waals surface area contributed by atoms with Gasteiger partial charge < -0.3 is 0 Å². The molecule has 100 valence electrons. The molecule has 0 saturated heterocycles. The van der Waals surface area contributed by atoms with Crippen molar-refractivity contribution < 1.29 is 0 Å². The summed E-state index contributed by atoms with van der Waals surface area (Å²) < 4.78 is 0. The van der Waals surface area contributed by atoms with Gasteiger partial charge in [0.25, 0.3) is 0 Å². The Balaban J connectivity index is 2.70. The van der Waals surface area contributed by atoms with Crippen molar-refractivity contribution in [3.8, 4) is 0 Å².